The standard InChI is InChI=1S/C27H33FN4O4/c1-29(2)11-16-32-25(34)19-27(26(32)35,22-9-4-5-10-23(22)28)18-24(33)31-14-12-30(13-15-31)20-7-6-8-21(17-20)36-3/h4-10,17H,11-16,18-19H2,1-3H3/t27-/m0/s1. The van der Waals surface area contributed by atoms with Gasteiger partial charge in [-0.1, -0.05) is 24.3 Å². The van der Waals surface area contributed by atoms with Gasteiger partial charge in [-0.3, -0.25) is 19.3 Å². The molecule has 4 rings (SSSR count). The summed E-state index contributed by atoms with van der Waals surface area (Å²) >= 11 is 0. The number of carbonyl (C=O) groups is 3. The van der Waals surface area contributed by atoms with E-state index >= 15 is 0 Å². The van der Waals surface area contributed by atoms with Crippen molar-refractivity contribution in [2.24, 2.45) is 0 Å². The number of amides is 3. The van der Waals surface area contributed by atoms with Crippen LogP contribution in [0.3, 0.4) is 0 Å². The van der Waals surface area contributed by atoms with Gasteiger partial charge in [-0.05, 0) is 32.3 Å². The third-order valence-electron chi connectivity index (χ3n) is 7.07. The minimum absolute atomic E-state index is 0.110. The normalized spacial score (nSPS) is 20.4. The van der Waals surface area contributed by atoms with Crippen molar-refractivity contribution in [2.45, 2.75) is 18.3 Å². The number of hydrogen-bond donors (Lipinski definition) is 0. The summed E-state index contributed by atoms with van der Waals surface area (Å²) in [5.41, 5.74) is -0.410. The number of benzene rings is 2. The van der Waals surface area contributed by atoms with Gasteiger partial charge in [-0.25, -0.2) is 4.39 Å². The molecule has 2 aromatic carbocycles. The lowest BCUT2D eigenvalue weighted by atomic mass is 9.75. The molecule has 8 nitrogen and oxygen atoms in total. The van der Waals surface area contributed by atoms with Crippen LogP contribution in [0.2, 0.25) is 0 Å². The number of nitrogens with zero attached hydrogens (tertiary/aromatic N) is 4. The van der Waals surface area contributed by atoms with Gasteiger partial charge in [-0.2, -0.15) is 0 Å². The summed E-state index contributed by atoms with van der Waals surface area (Å²) in [6.45, 7) is 2.87. The number of imide groups is 1. The van der Waals surface area contributed by atoms with Gasteiger partial charge in [0.15, 0.2) is 0 Å². The molecule has 0 aliphatic carbocycles. The molecule has 1 atom stereocenters. The highest BCUT2D eigenvalue weighted by Gasteiger charge is 2.55. The zero-order valence-electron chi connectivity index (χ0n) is 21.1. The number of ether oxygens (including phenoxy) is 1. The Labute approximate surface area is 211 Å². The number of likely N-dealkylation sites (N-methyl/N-ethyl adjacent to an activating group) is 1. The van der Waals surface area contributed by atoms with Crippen LogP contribution in [0, 0.1) is 5.82 Å². The van der Waals surface area contributed by atoms with Crippen molar-refractivity contribution in [1.82, 2.24) is 14.7 Å². The van der Waals surface area contributed by atoms with Crippen molar-refractivity contribution in [1.29, 1.82) is 0 Å². The van der Waals surface area contributed by atoms with E-state index < -0.39 is 17.1 Å². The molecule has 2 fully saturated rings. The summed E-state index contributed by atoms with van der Waals surface area (Å²) in [5, 5.41) is 0. The number of carbonyl (C=O) groups excluding carboxylic acids is 3. The summed E-state index contributed by atoms with van der Waals surface area (Å²) in [5.74, 6) is -0.937. The van der Waals surface area contributed by atoms with Crippen LogP contribution in [0.1, 0.15) is 18.4 Å². The van der Waals surface area contributed by atoms with Gasteiger partial charge in [-0.15, -0.1) is 0 Å². The van der Waals surface area contributed by atoms with E-state index in [1.807, 2.05) is 43.3 Å². The monoisotopic (exact) mass is 496 g/mol. The maximum absolute atomic E-state index is 15.0. The molecule has 192 valence electrons. The van der Waals surface area contributed by atoms with Crippen LogP contribution in [0.15, 0.2) is 48.5 Å². The summed E-state index contributed by atoms with van der Waals surface area (Å²) in [7, 11) is 5.32. The Hall–Kier alpha value is -3.46. The molecule has 0 unspecified atom stereocenters. The maximum atomic E-state index is 15.0. The highest BCUT2D eigenvalue weighted by atomic mass is 19.1. The van der Waals surface area contributed by atoms with Gasteiger partial charge < -0.3 is 19.4 Å². The van der Waals surface area contributed by atoms with Crippen LogP contribution in [0.5, 0.6) is 5.75 Å². The van der Waals surface area contributed by atoms with Crippen LogP contribution >= 0.6 is 0 Å². The zero-order chi connectivity index (χ0) is 25.9. The lowest BCUT2D eigenvalue weighted by Crippen LogP contribution is -2.51. The average molecular weight is 497 g/mol. The molecule has 2 aliphatic rings. The van der Waals surface area contributed by atoms with Crippen molar-refractivity contribution in [3.8, 4) is 5.75 Å². The second-order valence-corrected chi connectivity index (χ2v) is 9.64. The Morgan fingerprint density at radius 1 is 1.06 bits per heavy atom. The zero-order valence-corrected chi connectivity index (χ0v) is 21.1. The molecule has 9 heteroatoms. The Balaban J connectivity index is 1.52. The van der Waals surface area contributed by atoms with Gasteiger partial charge in [0.25, 0.3) is 0 Å². The quantitative estimate of drug-likeness (QED) is 0.522. The molecule has 2 aromatic rings. The van der Waals surface area contributed by atoms with Gasteiger partial charge >= 0.3 is 0 Å². The molecule has 0 bridgehead atoms. The first-order valence-electron chi connectivity index (χ1n) is 12.2. The van der Waals surface area contributed by atoms with Crippen molar-refractivity contribution >= 4 is 23.4 Å². The SMILES string of the molecule is COc1cccc(N2CCN(C(=O)C[C@@]3(c4ccccc4F)CC(=O)N(CCN(C)C)C3=O)CC2)c1. The minimum atomic E-state index is -1.53. The highest BCUT2D eigenvalue weighted by Crippen LogP contribution is 2.41. The average Bonchev–Trinajstić information content (AvgIpc) is 3.12. The van der Waals surface area contributed by atoms with E-state index in [4.69, 9.17) is 4.74 Å². The van der Waals surface area contributed by atoms with E-state index in [1.54, 1.807) is 18.1 Å². The smallest absolute Gasteiger partial charge is 0.241 e. The van der Waals surface area contributed by atoms with Gasteiger partial charge in [0.05, 0.1) is 12.5 Å². The molecule has 2 saturated heterocycles. The van der Waals surface area contributed by atoms with Crippen molar-refractivity contribution in [2.75, 3.05) is 65.4 Å². The molecule has 0 spiro atoms. The fourth-order valence-corrected chi connectivity index (χ4v) is 5.01. The van der Waals surface area contributed by atoms with Crippen LogP contribution in [0.25, 0.3) is 0 Å². The number of halogens is 1. The molecule has 3 amide bonds. The number of piperazine rings is 1. The first-order chi connectivity index (χ1) is 17.2. The van der Waals surface area contributed by atoms with Crippen LogP contribution in [0.4, 0.5) is 10.1 Å². The van der Waals surface area contributed by atoms with Crippen molar-refractivity contribution in [3.63, 3.8) is 0 Å². The first kappa shape index (κ1) is 25.6. The largest absolute Gasteiger partial charge is 0.497 e. The third kappa shape index (κ3) is 5.06. The summed E-state index contributed by atoms with van der Waals surface area (Å²) in [6, 6.07) is 13.7. The molecule has 0 aromatic heterocycles. The summed E-state index contributed by atoms with van der Waals surface area (Å²) in [6.07, 6.45) is -0.453. The Bertz CT molecular complexity index is 1130. The first-order valence-corrected chi connectivity index (χ1v) is 12.2. The topological polar surface area (TPSA) is 73.4 Å². The second-order valence-electron chi connectivity index (χ2n) is 9.64. The van der Waals surface area contributed by atoms with Gasteiger partial charge in [0, 0.05) is 69.4 Å². The van der Waals surface area contributed by atoms with E-state index in [2.05, 4.69) is 4.90 Å². The fourth-order valence-electron chi connectivity index (χ4n) is 5.01. The minimum Gasteiger partial charge on any atom is -0.497 e. The molecule has 0 saturated carbocycles. The fraction of sp³-hybridized carbons (Fsp3) is 0.444. The Morgan fingerprint density at radius 3 is 2.44 bits per heavy atom. The lowest BCUT2D eigenvalue weighted by Gasteiger charge is -2.38. The van der Waals surface area contributed by atoms with Crippen LogP contribution in [-0.2, 0) is 19.8 Å². The number of methoxy groups -OCH3 is 1. The molecule has 0 radical (unpaired) electrons. The second kappa shape index (κ2) is 10.7. The molecule has 2 aliphatic heterocycles. The molecular formula is C27H33FN4O4. The molecule has 2 heterocycles. The number of likely N-dealkylation sites (tertiary alicyclic amines) is 1. The van der Waals surface area contributed by atoms with E-state index in [0.717, 1.165) is 11.4 Å². The van der Waals surface area contributed by atoms with Crippen LogP contribution in [-0.4, -0.2) is 92.9 Å². The predicted molar refractivity (Wildman–Crippen MR) is 134 cm³/mol. The number of anilines is 1. The summed E-state index contributed by atoms with van der Waals surface area (Å²) < 4.78 is 20.3. The van der Waals surface area contributed by atoms with Crippen molar-refractivity contribution in [3.05, 3.63) is 59.9 Å². The summed E-state index contributed by atoms with van der Waals surface area (Å²) in [4.78, 5) is 47.0. The van der Waals surface area contributed by atoms with Gasteiger partial charge in [0.1, 0.15) is 11.6 Å². The van der Waals surface area contributed by atoms with E-state index in [1.165, 1.54) is 23.1 Å². The molecule has 0 N–H and O–H groups in total. The maximum Gasteiger partial charge on any atom is 0.241 e. The lowest BCUT2D eigenvalue weighted by molar-refractivity contribution is -0.143. The molecular weight excluding hydrogens is 463 g/mol. The molecule has 36 heavy (non-hydrogen) atoms. The van der Waals surface area contributed by atoms with Crippen molar-refractivity contribution < 1.29 is 23.5 Å². The highest BCUT2D eigenvalue weighted by molar-refractivity contribution is 6.10. The van der Waals surface area contributed by atoms with Gasteiger partial charge in [0.2, 0.25) is 17.7 Å². The number of hydrogen-bond acceptors (Lipinski definition) is 6. The number of rotatable bonds is 8. The van der Waals surface area contributed by atoms with E-state index in [-0.39, 0.29) is 36.8 Å². The van der Waals surface area contributed by atoms with E-state index in [9.17, 15) is 18.8 Å². The Kier molecular flexibility index (Phi) is 7.59. The third-order valence-corrected chi connectivity index (χ3v) is 7.07. The predicted octanol–water partition coefficient (Wildman–Crippen LogP) is 2.13. The Morgan fingerprint density at radius 2 is 1.78 bits per heavy atom. The van der Waals surface area contributed by atoms with Crippen LogP contribution < -0.4 is 9.64 Å². The van der Waals surface area contributed by atoms with E-state index in [0.29, 0.717) is 32.7 Å².